The summed E-state index contributed by atoms with van der Waals surface area (Å²) >= 11 is 0. The molecular weight excluding hydrogens is 250 g/mol. The summed E-state index contributed by atoms with van der Waals surface area (Å²) in [5.41, 5.74) is 3.71. The number of nitrogens with two attached hydrogens (primary N) is 1. The van der Waals surface area contributed by atoms with Crippen LogP contribution in [-0.2, 0) is 5.79 Å². The highest BCUT2D eigenvalue weighted by Gasteiger charge is 2.51. The molecule has 0 saturated carbocycles. The Morgan fingerprint density at radius 2 is 2.00 bits per heavy atom. The molecule has 0 amide bonds. The van der Waals surface area contributed by atoms with E-state index >= 15 is 0 Å². The fourth-order valence-electron chi connectivity index (χ4n) is 1.68. The van der Waals surface area contributed by atoms with E-state index in [2.05, 4.69) is 4.98 Å². The molecule has 96 valence electrons. The van der Waals surface area contributed by atoms with Crippen LogP contribution in [0.5, 0.6) is 0 Å². The second-order valence-electron chi connectivity index (χ2n) is 3.73. The van der Waals surface area contributed by atoms with Gasteiger partial charge in [-0.05, 0) is 18.2 Å². The van der Waals surface area contributed by atoms with E-state index in [-0.39, 0.29) is 11.4 Å². The van der Waals surface area contributed by atoms with Gasteiger partial charge < -0.3 is 11.1 Å². The molecule has 0 bridgehead atoms. The minimum absolute atomic E-state index is 0.186. The van der Waals surface area contributed by atoms with Crippen LogP contribution in [0.25, 0.3) is 0 Å². The van der Waals surface area contributed by atoms with Crippen LogP contribution in [0.2, 0.25) is 0 Å². The van der Waals surface area contributed by atoms with E-state index in [1.54, 1.807) is 0 Å². The molecule has 0 spiro atoms. The van der Waals surface area contributed by atoms with E-state index in [1.807, 2.05) is 5.32 Å². The Bertz CT molecular complexity index is 507. The highest BCUT2D eigenvalue weighted by molar-refractivity contribution is 5.39. The fraction of sp³-hybridized carbons (Fsp3) is 0.182. The van der Waals surface area contributed by atoms with Crippen molar-refractivity contribution < 1.29 is 17.6 Å². The molecule has 3 nitrogen and oxygen atoms in total. The van der Waals surface area contributed by atoms with Crippen LogP contribution in [-0.4, -0.2) is 11.2 Å². The summed E-state index contributed by atoms with van der Waals surface area (Å²) in [7, 11) is 0. The predicted octanol–water partition coefficient (Wildman–Crippen LogP) is 2.10. The Labute approximate surface area is 100 Å². The van der Waals surface area contributed by atoms with Crippen LogP contribution in [0.3, 0.4) is 0 Å². The van der Waals surface area contributed by atoms with Crippen molar-refractivity contribution in [2.45, 2.75) is 12.0 Å². The lowest BCUT2D eigenvalue weighted by atomic mass is 9.94. The van der Waals surface area contributed by atoms with E-state index in [1.165, 1.54) is 18.3 Å². The van der Waals surface area contributed by atoms with Crippen molar-refractivity contribution in [3.63, 3.8) is 0 Å². The molecule has 1 unspecified atom stereocenters. The number of hydrogen-bond acceptors (Lipinski definition) is 3. The first-order chi connectivity index (χ1) is 8.34. The molecule has 18 heavy (non-hydrogen) atoms. The van der Waals surface area contributed by atoms with Gasteiger partial charge in [-0.2, -0.15) is 13.2 Å². The monoisotopic (exact) mass is 259 g/mol. The van der Waals surface area contributed by atoms with Crippen molar-refractivity contribution in [1.82, 2.24) is 10.3 Å². The molecule has 0 aliphatic carbocycles. The van der Waals surface area contributed by atoms with E-state index < -0.39 is 17.5 Å². The first-order valence-corrected chi connectivity index (χ1v) is 4.97. The van der Waals surface area contributed by atoms with Crippen molar-refractivity contribution >= 4 is 0 Å². The zero-order valence-corrected chi connectivity index (χ0v) is 9.00. The van der Waals surface area contributed by atoms with Crippen molar-refractivity contribution in [2.75, 3.05) is 0 Å². The number of hydrogen-bond donors (Lipinski definition) is 2. The second kappa shape index (κ2) is 4.01. The molecule has 0 fully saturated rings. The largest absolute Gasteiger partial charge is 0.417 e. The van der Waals surface area contributed by atoms with Crippen LogP contribution in [0.15, 0.2) is 48.1 Å². The average Bonchev–Trinajstić information content (AvgIpc) is 2.28. The van der Waals surface area contributed by atoms with Gasteiger partial charge in [-0.3, -0.25) is 4.98 Å². The number of allylic oxidation sites excluding steroid dienone is 2. The first kappa shape index (κ1) is 12.4. The second-order valence-corrected chi connectivity index (χ2v) is 3.73. The summed E-state index contributed by atoms with van der Waals surface area (Å²) in [6.45, 7) is 0. The molecule has 1 atom stereocenters. The Morgan fingerprint density at radius 1 is 1.28 bits per heavy atom. The van der Waals surface area contributed by atoms with Gasteiger partial charge in [-0.15, -0.1) is 0 Å². The van der Waals surface area contributed by atoms with Crippen LogP contribution in [0.4, 0.5) is 17.6 Å². The molecule has 0 radical (unpaired) electrons. The Hall–Kier alpha value is -2.05. The minimum atomic E-state index is -4.81. The van der Waals surface area contributed by atoms with E-state index in [0.29, 0.717) is 6.08 Å². The van der Waals surface area contributed by atoms with Gasteiger partial charge in [0.15, 0.2) is 0 Å². The molecular formula is C11H9F4N3. The zero-order valence-electron chi connectivity index (χ0n) is 9.00. The predicted molar refractivity (Wildman–Crippen MR) is 56.6 cm³/mol. The quantitative estimate of drug-likeness (QED) is 0.599. The van der Waals surface area contributed by atoms with Crippen molar-refractivity contribution in [2.24, 2.45) is 5.73 Å². The summed E-state index contributed by atoms with van der Waals surface area (Å²) in [5, 5.41) is 2.01. The third-order valence-electron chi connectivity index (χ3n) is 2.48. The number of halogens is 4. The van der Waals surface area contributed by atoms with Gasteiger partial charge in [-0.1, -0.05) is 6.07 Å². The highest BCUT2D eigenvalue weighted by atomic mass is 19.4. The lowest BCUT2D eigenvalue weighted by Crippen LogP contribution is -2.47. The minimum Gasteiger partial charge on any atom is -0.385 e. The molecule has 1 aromatic heterocycles. The van der Waals surface area contributed by atoms with Crippen LogP contribution >= 0.6 is 0 Å². The maximum Gasteiger partial charge on any atom is 0.417 e. The van der Waals surface area contributed by atoms with Gasteiger partial charge in [0.25, 0.3) is 0 Å². The molecule has 2 rings (SSSR count). The molecule has 1 aromatic rings. The van der Waals surface area contributed by atoms with Crippen LogP contribution in [0, 0.1) is 0 Å². The van der Waals surface area contributed by atoms with Crippen molar-refractivity contribution in [3.8, 4) is 0 Å². The number of pyridine rings is 1. The average molecular weight is 259 g/mol. The molecule has 3 N–H and O–H groups in total. The maximum absolute atomic E-state index is 14.7. The standard InChI is InChI=1S/C11H9F4N3/c12-10(7-2-1-5-17-6-7)8(11(13,14)15)3-4-9(16)18-10/h1-6,18H,16H2. The Kier molecular flexibility index (Phi) is 2.76. The highest BCUT2D eigenvalue weighted by Crippen LogP contribution is 2.42. The maximum atomic E-state index is 14.7. The molecule has 0 saturated heterocycles. The number of dihydropyridines is 1. The SMILES string of the molecule is NC1=CC=C(C(F)(F)F)C(F)(c2cccnc2)N1. The number of nitrogens with one attached hydrogen (secondary N) is 1. The summed E-state index contributed by atoms with van der Waals surface area (Å²) in [4.78, 5) is 3.61. The van der Waals surface area contributed by atoms with Gasteiger partial charge in [0.05, 0.1) is 11.4 Å². The molecule has 1 aliphatic rings. The topological polar surface area (TPSA) is 50.9 Å². The number of nitrogens with zero attached hydrogens (tertiary/aromatic N) is 1. The van der Waals surface area contributed by atoms with Crippen LogP contribution < -0.4 is 11.1 Å². The fourth-order valence-corrected chi connectivity index (χ4v) is 1.68. The van der Waals surface area contributed by atoms with Crippen molar-refractivity contribution in [3.05, 3.63) is 53.6 Å². The molecule has 1 aliphatic heterocycles. The number of rotatable bonds is 1. The number of alkyl halides is 4. The molecule has 2 heterocycles. The third-order valence-corrected chi connectivity index (χ3v) is 2.48. The lowest BCUT2D eigenvalue weighted by molar-refractivity contribution is -0.114. The van der Waals surface area contributed by atoms with Gasteiger partial charge in [0.2, 0.25) is 5.79 Å². The first-order valence-electron chi connectivity index (χ1n) is 4.97. The Morgan fingerprint density at radius 3 is 2.56 bits per heavy atom. The number of aromatic nitrogens is 1. The zero-order chi connectivity index (χ0) is 13.4. The summed E-state index contributed by atoms with van der Waals surface area (Å²) in [6.07, 6.45) is -0.859. The van der Waals surface area contributed by atoms with Gasteiger partial charge in [0.1, 0.15) is 0 Å². The van der Waals surface area contributed by atoms with E-state index in [4.69, 9.17) is 5.73 Å². The van der Waals surface area contributed by atoms with Gasteiger partial charge >= 0.3 is 6.18 Å². The van der Waals surface area contributed by atoms with Crippen LogP contribution in [0.1, 0.15) is 5.56 Å². The van der Waals surface area contributed by atoms with E-state index in [0.717, 1.165) is 12.3 Å². The normalized spacial score (nSPS) is 24.0. The molecule has 0 aromatic carbocycles. The lowest BCUT2D eigenvalue weighted by Gasteiger charge is -2.33. The Balaban J connectivity index is 2.55. The van der Waals surface area contributed by atoms with E-state index in [9.17, 15) is 17.6 Å². The summed E-state index contributed by atoms with van der Waals surface area (Å²) < 4.78 is 53.1. The summed E-state index contributed by atoms with van der Waals surface area (Å²) in [6, 6.07) is 2.55. The van der Waals surface area contributed by atoms with Crippen molar-refractivity contribution in [1.29, 1.82) is 0 Å². The summed E-state index contributed by atoms with van der Waals surface area (Å²) in [5.74, 6) is -3.11. The smallest absolute Gasteiger partial charge is 0.385 e. The third kappa shape index (κ3) is 2.03. The van der Waals surface area contributed by atoms with Gasteiger partial charge in [0, 0.05) is 18.0 Å². The van der Waals surface area contributed by atoms with Gasteiger partial charge in [-0.25, -0.2) is 4.39 Å². The molecule has 7 heteroatoms.